The summed E-state index contributed by atoms with van der Waals surface area (Å²) in [6, 6.07) is 5.04. The van der Waals surface area contributed by atoms with Gasteiger partial charge in [-0.1, -0.05) is 11.3 Å². The number of hydrogen-bond acceptors (Lipinski definition) is 5. The number of aromatic nitrogens is 1. The van der Waals surface area contributed by atoms with Crippen LogP contribution >= 0.6 is 11.3 Å². The molecule has 6 nitrogen and oxygen atoms in total. The number of aryl methyl sites for hydroxylation is 1. The smallest absolute Gasteiger partial charge is 0.335 e. The van der Waals surface area contributed by atoms with E-state index < -0.39 is 11.5 Å². The van der Waals surface area contributed by atoms with Crippen molar-refractivity contribution in [1.82, 2.24) is 4.57 Å². The molecule has 0 saturated carbocycles. The third-order valence-corrected chi connectivity index (χ3v) is 4.49. The van der Waals surface area contributed by atoms with Gasteiger partial charge in [0.1, 0.15) is 0 Å². The van der Waals surface area contributed by atoms with E-state index in [1.807, 2.05) is 25.3 Å². The molecule has 0 spiro atoms. The second-order valence-electron chi connectivity index (χ2n) is 5.79. The Labute approximate surface area is 138 Å². The lowest BCUT2D eigenvalue weighted by Crippen LogP contribution is -2.27. The van der Waals surface area contributed by atoms with Gasteiger partial charge in [0.05, 0.1) is 34.8 Å². The minimum Gasteiger partial charge on any atom is -0.478 e. The lowest BCUT2D eigenvalue weighted by atomic mass is 10.0. The van der Waals surface area contributed by atoms with Crippen molar-refractivity contribution in [3.8, 4) is 0 Å². The third kappa shape index (κ3) is 3.79. The molecule has 1 N–H and O–H groups in total. The van der Waals surface area contributed by atoms with Crippen molar-refractivity contribution in [2.75, 3.05) is 7.11 Å². The first-order chi connectivity index (χ1) is 10.8. The Morgan fingerprint density at radius 1 is 1.39 bits per heavy atom. The van der Waals surface area contributed by atoms with Crippen molar-refractivity contribution in [3.05, 3.63) is 28.6 Å². The summed E-state index contributed by atoms with van der Waals surface area (Å²) in [5, 5.41) is 9.11. The van der Waals surface area contributed by atoms with Crippen LogP contribution in [0.25, 0.3) is 10.2 Å². The number of carboxylic acid groups (broad SMARTS) is 1. The van der Waals surface area contributed by atoms with Crippen LogP contribution in [0, 0.1) is 0 Å². The van der Waals surface area contributed by atoms with Crippen LogP contribution in [0.3, 0.4) is 0 Å². The van der Waals surface area contributed by atoms with E-state index in [4.69, 9.17) is 14.8 Å². The molecule has 0 atom stereocenters. The molecule has 23 heavy (non-hydrogen) atoms. The predicted octanol–water partition coefficient (Wildman–Crippen LogP) is 2.66. The normalized spacial score (nSPS) is 12.6. The number of rotatable bonds is 5. The number of carboxylic acids is 1. The van der Waals surface area contributed by atoms with Crippen LogP contribution in [0.15, 0.2) is 23.2 Å². The summed E-state index contributed by atoms with van der Waals surface area (Å²) in [4.78, 5) is 28.1. The van der Waals surface area contributed by atoms with E-state index >= 15 is 0 Å². The molecule has 0 unspecified atom stereocenters. The summed E-state index contributed by atoms with van der Waals surface area (Å²) < 4.78 is 7.59. The van der Waals surface area contributed by atoms with Crippen molar-refractivity contribution in [3.63, 3.8) is 0 Å². The van der Waals surface area contributed by atoms with Crippen LogP contribution in [-0.4, -0.2) is 34.3 Å². The zero-order valence-electron chi connectivity index (χ0n) is 13.6. The Balaban J connectivity index is 2.57. The number of fused-ring (bicyclic) bond motifs is 1. The van der Waals surface area contributed by atoms with Crippen molar-refractivity contribution in [2.45, 2.75) is 39.3 Å². The number of hydrogen-bond donors (Lipinski definition) is 1. The molecule has 2 rings (SSSR count). The van der Waals surface area contributed by atoms with Gasteiger partial charge >= 0.3 is 11.9 Å². The Hall–Kier alpha value is -2.15. The van der Waals surface area contributed by atoms with E-state index in [1.165, 1.54) is 18.4 Å². The molecule has 0 bridgehead atoms. The molecular weight excluding hydrogens is 316 g/mol. The highest BCUT2D eigenvalue weighted by Gasteiger charge is 2.22. The van der Waals surface area contributed by atoms with Gasteiger partial charge in [-0.3, -0.25) is 9.79 Å². The summed E-state index contributed by atoms with van der Waals surface area (Å²) >= 11 is 1.42. The molecule has 1 aromatic heterocycles. The highest BCUT2D eigenvalue weighted by Crippen LogP contribution is 2.21. The maximum Gasteiger partial charge on any atom is 0.335 e. The molecule has 1 aromatic carbocycles. The lowest BCUT2D eigenvalue weighted by Gasteiger charge is -2.17. The number of carbonyl (C=O) groups excluding carboxylic acids is 1. The maximum absolute atomic E-state index is 11.5. The minimum atomic E-state index is -0.951. The van der Waals surface area contributed by atoms with Gasteiger partial charge in [0.2, 0.25) is 0 Å². The van der Waals surface area contributed by atoms with Gasteiger partial charge in [0.15, 0.2) is 4.80 Å². The lowest BCUT2D eigenvalue weighted by molar-refractivity contribution is -0.141. The number of aromatic carboxylic acids is 1. The van der Waals surface area contributed by atoms with E-state index in [-0.39, 0.29) is 18.0 Å². The number of carbonyl (C=O) groups is 2. The monoisotopic (exact) mass is 336 g/mol. The largest absolute Gasteiger partial charge is 0.478 e. The van der Waals surface area contributed by atoms with Crippen molar-refractivity contribution in [2.24, 2.45) is 4.99 Å². The number of thiazole rings is 1. The molecule has 0 saturated heterocycles. The Kier molecular flexibility index (Phi) is 4.89. The van der Waals surface area contributed by atoms with Gasteiger partial charge in [-0.2, -0.15) is 0 Å². The van der Waals surface area contributed by atoms with Crippen molar-refractivity contribution < 1.29 is 19.4 Å². The van der Waals surface area contributed by atoms with Crippen LogP contribution in [0.4, 0.5) is 0 Å². The first-order valence-corrected chi connectivity index (χ1v) is 8.08. The minimum absolute atomic E-state index is 0.182. The number of nitrogens with zero attached hydrogens (tertiary/aromatic N) is 2. The van der Waals surface area contributed by atoms with E-state index in [0.29, 0.717) is 6.54 Å². The summed E-state index contributed by atoms with van der Waals surface area (Å²) in [5.41, 5.74) is 0.595. The number of methoxy groups -OCH3 is 1. The SMILES string of the molecule is CCn1/c(=N/C(C)(C)CC(=O)OC)sc2cc(C(=O)O)ccc21. The third-order valence-electron chi connectivity index (χ3n) is 3.45. The summed E-state index contributed by atoms with van der Waals surface area (Å²) in [6.07, 6.45) is 0.182. The average Bonchev–Trinajstić information content (AvgIpc) is 2.81. The first kappa shape index (κ1) is 17.2. The molecule has 1 heterocycles. The van der Waals surface area contributed by atoms with Crippen molar-refractivity contribution >= 4 is 33.5 Å². The first-order valence-electron chi connectivity index (χ1n) is 7.27. The molecule has 0 radical (unpaired) electrons. The van der Waals surface area contributed by atoms with Crippen molar-refractivity contribution in [1.29, 1.82) is 0 Å². The fraction of sp³-hybridized carbons (Fsp3) is 0.438. The van der Waals surface area contributed by atoms with Gasteiger partial charge in [-0.25, -0.2) is 4.79 Å². The molecule has 0 aliphatic heterocycles. The molecule has 7 heteroatoms. The topological polar surface area (TPSA) is 80.9 Å². The standard InChI is InChI=1S/C16H20N2O4S/c1-5-18-11-7-6-10(14(20)21)8-12(11)23-15(18)17-16(2,3)9-13(19)22-4/h6-8H,5,9H2,1-4H3,(H,20,21)/b17-15-. The molecule has 0 amide bonds. The number of esters is 1. The molecule has 0 aliphatic rings. The average molecular weight is 336 g/mol. The molecule has 0 aliphatic carbocycles. The second kappa shape index (κ2) is 6.54. The highest BCUT2D eigenvalue weighted by molar-refractivity contribution is 7.16. The van der Waals surface area contributed by atoms with E-state index in [0.717, 1.165) is 15.0 Å². The van der Waals surface area contributed by atoms with Crippen LogP contribution in [0.1, 0.15) is 37.6 Å². The molecular formula is C16H20N2O4S. The van der Waals surface area contributed by atoms with E-state index in [1.54, 1.807) is 18.2 Å². The highest BCUT2D eigenvalue weighted by atomic mass is 32.1. The van der Waals surface area contributed by atoms with E-state index in [2.05, 4.69) is 0 Å². The quantitative estimate of drug-likeness (QED) is 0.851. The fourth-order valence-corrected chi connectivity index (χ4v) is 3.62. The predicted molar refractivity (Wildman–Crippen MR) is 88.7 cm³/mol. The van der Waals surface area contributed by atoms with Gasteiger partial charge in [-0.15, -0.1) is 0 Å². The summed E-state index contributed by atoms with van der Waals surface area (Å²) in [5.74, 6) is -1.26. The molecule has 124 valence electrons. The van der Waals surface area contributed by atoms with Gasteiger partial charge in [0, 0.05) is 6.54 Å². The van der Waals surface area contributed by atoms with Crippen LogP contribution in [0.5, 0.6) is 0 Å². The zero-order valence-corrected chi connectivity index (χ0v) is 14.4. The zero-order chi connectivity index (χ0) is 17.2. The van der Waals surface area contributed by atoms with Crippen LogP contribution in [0.2, 0.25) is 0 Å². The fourth-order valence-electron chi connectivity index (χ4n) is 2.32. The Morgan fingerprint density at radius 3 is 2.65 bits per heavy atom. The Morgan fingerprint density at radius 2 is 2.09 bits per heavy atom. The Bertz CT molecular complexity index is 817. The van der Waals surface area contributed by atoms with Crippen LogP contribution in [-0.2, 0) is 16.1 Å². The van der Waals surface area contributed by atoms with E-state index in [9.17, 15) is 9.59 Å². The van der Waals surface area contributed by atoms with Gasteiger partial charge in [-0.05, 0) is 39.0 Å². The second-order valence-corrected chi connectivity index (χ2v) is 6.80. The molecule has 0 fully saturated rings. The van der Waals surface area contributed by atoms with Gasteiger partial charge < -0.3 is 14.4 Å². The van der Waals surface area contributed by atoms with Crippen LogP contribution < -0.4 is 4.80 Å². The molecule has 2 aromatic rings. The summed E-state index contributed by atoms with van der Waals surface area (Å²) in [7, 11) is 1.36. The number of benzene rings is 1. The number of ether oxygens (including phenoxy) is 1. The van der Waals surface area contributed by atoms with Gasteiger partial charge in [0.25, 0.3) is 0 Å². The maximum atomic E-state index is 11.5. The summed E-state index contributed by atoms with van der Waals surface area (Å²) in [6.45, 7) is 6.46.